The summed E-state index contributed by atoms with van der Waals surface area (Å²) < 4.78 is 0. The zero-order chi connectivity index (χ0) is 14.7. The molecule has 1 aromatic carbocycles. The number of rotatable bonds is 6. The average molecular weight is 278 g/mol. The molecule has 0 unspecified atom stereocenters. The zero-order valence-corrected chi connectivity index (χ0v) is 10.6. The molecule has 0 aliphatic heterocycles. The van der Waals surface area contributed by atoms with Crippen LogP contribution in [0.3, 0.4) is 0 Å². The zero-order valence-electron chi connectivity index (χ0n) is 10.6. The Kier molecular flexibility index (Phi) is 3.97. The van der Waals surface area contributed by atoms with Crippen LogP contribution in [0.15, 0.2) is 24.3 Å². The van der Waals surface area contributed by atoms with Crippen LogP contribution in [0, 0.1) is 16.0 Å². The van der Waals surface area contributed by atoms with Gasteiger partial charge >= 0.3 is 5.97 Å². The molecule has 7 heteroatoms. The molecule has 1 saturated carbocycles. The molecule has 2 N–H and O–H groups in total. The number of carbonyl (C=O) groups is 2. The van der Waals surface area contributed by atoms with Gasteiger partial charge in [-0.25, -0.2) is 4.79 Å². The third kappa shape index (κ3) is 3.53. The Bertz CT molecular complexity index is 553. The number of hydrogen-bond acceptors (Lipinski definition) is 4. The number of carboxylic acid groups (broad SMARTS) is 1. The normalized spacial score (nSPS) is 15.4. The number of benzene rings is 1. The van der Waals surface area contributed by atoms with E-state index in [0.29, 0.717) is 12.3 Å². The highest BCUT2D eigenvalue weighted by Gasteiger charge is 2.30. The first-order valence-electron chi connectivity index (χ1n) is 6.25. The predicted molar refractivity (Wildman–Crippen MR) is 69.3 cm³/mol. The number of carboxylic acids is 1. The Morgan fingerprint density at radius 1 is 1.45 bits per heavy atom. The fourth-order valence-electron chi connectivity index (χ4n) is 1.91. The lowest BCUT2D eigenvalue weighted by molar-refractivity contribution is -0.384. The van der Waals surface area contributed by atoms with Crippen molar-refractivity contribution in [2.24, 2.45) is 5.92 Å². The highest BCUT2D eigenvalue weighted by molar-refractivity contribution is 5.97. The van der Waals surface area contributed by atoms with Crippen LogP contribution in [0.25, 0.3) is 0 Å². The van der Waals surface area contributed by atoms with Gasteiger partial charge in [-0.1, -0.05) is 18.9 Å². The number of aliphatic carboxylic acids is 1. The molecule has 1 aromatic rings. The Balaban J connectivity index is 2.07. The summed E-state index contributed by atoms with van der Waals surface area (Å²) >= 11 is 0. The number of hydrogen-bond donors (Lipinski definition) is 2. The van der Waals surface area contributed by atoms with Crippen molar-refractivity contribution in [3.8, 4) is 0 Å². The molecule has 106 valence electrons. The molecule has 0 radical (unpaired) electrons. The van der Waals surface area contributed by atoms with Gasteiger partial charge in [-0.2, -0.15) is 0 Å². The van der Waals surface area contributed by atoms with Crippen molar-refractivity contribution in [3.63, 3.8) is 0 Å². The fourth-order valence-corrected chi connectivity index (χ4v) is 1.91. The molecule has 7 nitrogen and oxygen atoms in total. The first kappa shape index (κ1) is 14.0. The number of amides is 1. The van der Waals surface area contributed by atoms with Crippen molar-refractivity contribution in [1.29, 1.82) is 0 Å². The van der Waals surface area contributed by atoms with Crippen LogP contribution in [-0.4, -0.2) is 27.9 Å². The summed E-state index contributed by atoms with van der Waals surface area (Å²) in [6.45, 7) is 0. The van der Waals surface area contributed by atoms with E-state index in [2.05, 4.69) is 5.32 Å². The lowest BCUT2D eigenvalue weighted by atomic mass is 10.1. The van der Waals surface area contributed by atoms with E-state index in [4.69, 9.17) is 5.11 Å². The molecule has 0 heterocycles. The Hall–Kier alpha value is -2.44. The molecule has 1 atom stereocenters. The Morgan fingerprint density at radius 2 is 2.15 bits per heavy atom. The summed E-state index contributed by atoms with van der Waals surface area (Å²) in [6, 6.07) is 4.26. The number of nitrogens with zero attached hydrogens (tertiary/aromatic N) is 1. The van der Waals surface area contributed by atoms with Gasteiger partial charge < -0.3 is 10.4 Å². The van der Waals surface area contributed by atoms with Crippen LogP contribution in [0.5, 0.6) is 0 Å². The van der Waals surface area contributed by atoms with Gasteiger partial charge in [-0.15, -0.1) is 0 Å². The highest BCUT2D eigenvalue weighted by Crippen LogP contribution is 2.33. The van der Waals surface area contributed by atoms with Gasteiger partial charge in [0.15, 0.2) is 0 Å². The SMILES string of the molecule is O=C(N[C@H](CC1CC1)C(=O)O)c1cccc([N+](=O)[O-])c1. The molecule has 1 fully saturated rings. The minimum Gasteiger partial charge on any atom is -0.480 e. The van der Waals surface area contributed by atoms with Crippen molar-refractivity contribution >= 4 is 17.6 Å². The third-order valence-electron chi connectivity index (χ3n) is 3.19. The maximum atomic E-state index is 11.9. The molecule has 1 amide bonds. The van der Waals surface area contributed by atoms with Crippen LogP contribution >= 0.6 is 0 Å². The summed E-state index contributed by atoms with van der Waals surface area (Å²) in [5.41, 5.74) is -0.118. The second kappa shape index (κ2) is 5.68. The van der Waals surface area contributed by atoms with Gasteiger partial charge in [0.1, 0.15) is 6.04 Å². The molecular weight excluding hydrogens is 264 g/mol. The molecule has 0 saturated heterocycles. The number of carbonyl (C=O) groups excluding carboxylic acids is 1. The fraction of sp³-hybridized carbons (Fsp3) is 0.385. The summed E-state index contributed by atoms with van der Waals surface area (Å²) in [5, 5.41) is 22.1. The summed E-state index contributed by atoms with van der Waals surface area (Å²) in [4.78, 5) is 33.1. The molecule has 20 heavy (non-hydrogen) atoms. The minimum absolute atomic E-state index is 0.0845. The van der Waals surface area contributed by atoms with E-state index < -0.39 is 22.8 Å². The van der Waals surface area contributed by atoms with Crippen LogP contribution in [0.4, 0.5) is 5.69 Å². The smallest absolute Gasteiger partial charge is 0.326 e. The number of nitrogens with one attached hydrogen (secondary N) is 1. The number of nitro groups is 1. The van der Waals surface area contributed by atoms with E-state index in [1.165, 1.54) is 18.2 Å². The van der Waals surface area contributed by atoms with Crippen molar-refractivity contribution in [3.05, 3.63) is 39.9 Å². The lowest BCUT2D eigenvalue weighted by Crippen LogP contribution is -2.41. The van der Waals surface area contributed by atoms with Gasteiger partial charge in [-0.05, 0) is 18.4 Å². The van der Waals surface area contributed by atoms with Crippen molar-refractivity contribution in [1.82, 2.24) is 5.32 Å². The second-order valence-electron chi connectivity index (χ2n) is 4.85. The maximum Gasteiger partial charge on any atom is 0.326 e. The van der Waals surface area contributed by atoms with Crippen LogP contribution in [0.2, 0.25) is 0 Å². The molecule has 2 rings (SSSR count). The van der Waals surface area contributed by atoms with Gasteiger partial charge in [0.2, 0.25) is 0 Å². The Morgan fingerprint density at radius 3 is 2.70 bits per heavy atom. The van der Waals surface area contributed by atoms with E-state index in [1.54, 1.807) is 0 Å². The Labute approximate surface area is 114 Å². The van der Waals surface area contributed by atoms with Crippen molar-refractivity contribution in [2.45, 2.75) is 25.3 Å². The van der Waals surface area contributed by atoms with Crippen LogP contribution in [0.1, 0.15) is 29.6 Å². The molecule has 0 spiro atoms. The van der Waals surface area contributed by atoms with Gasteiger partial charge in [0.05, 0.1) is 4.92 Å². The first-order valence-corrected chi connectivity index (χ1v) is 6.25. The molecular formula is C13H14N2O5. The van der Waals surface area contributed by atoms with Gasteiger partial charge in [0, 0.05) is 17.7 Å². The summed E-state index contributed by atoms with van der Waals surface area (Å²) in [5.74, 6) is -1.35. The monoisotopic (exact) mass is 278 g/mol. The maximum absolute atomic E-state index is 11.9. The predicted octanol–water partition coefficient (Wildman–Crippen LogP) is 1.58. The summed E-state index contributed by atoms with van der Waals surface area (Å²) in [7, 11) is 0. The number of non-ortho nitro benzene ring substituents is 1. The molecule has 1 aliphatic rings. The highest BCUT2D eigenvalue weighted by atomic mass is 16.6. The molecule has 0 aromatic heterocycles. The minimum atomic E-state index is -1.09. The van der Waals surface area contributed by atoms with Gasteiger partial charge in [-0.3, -0.25) is 14.9 Å². The van der Waals surface area contributed by atoms with Crippen LogP contribution in [-0.2, 0) is 4.79 Å². The number of nitro benzene ring substituents is 1. The topological polar surface area (TPSA) is 110 Å². The summed E-state index contributed by atoms with van der Waals surface area (Å²) in [6.07, 6.45) is 2.36. The molecule has 1 aliphatic carbocycles. The first-order chi connectivity index (χ1) is 9.47. The van der Waals surface area contributed by atoms with E-state index in [-0.39, 0.29) is 11.3 Å². The van der Waals surface area contributed by atoms with Crippen molar-refractivity contribution in [2.75, 3.05) is 0 Å². The van der Waals surface area contributed by atoms with E-state index in [9.17, 15) is 19.7 Å². The lowest BCUT2D eigenvalue weighted by Gasteiger charge is -2.13. The van der Waals surface area contributed by atoms with E-state index >= 15 is 0 Å². The molecule has 0 bridgehead atoms. The second-order valence-corrected chi connectivity index (χ2v) is 4.85. The largest absolute Gasteiger partial charge is 0.480 e. The van der Waals surface area contributed by atoms with E-state index in [0.717, 1.165) is 18.9 Å². The van der Waals surface area contributed by atoms with Crippen molar-refractivity contribution < 1.29 is 19.6 Å². The van der Waals surface area contributed by atoms with Gasteiger partial charge in [0.25, 0.3) is 11.6 Å². The third-order valence-corrected chi connectivity index (χ3v) is 3.19. The quantitative estimate of drug-likeness (QED) is 0.606. The standard InChI is InChI=1S/C13H14N2O5/c16-12(9-2-1-3-10(7-9)15(19)20)14-11(13(17)18)6-8-4-5-8/h1-3,7-8,11H,4-6H2,(H,14,16)(H,17,18)/t11-/m1/s1. The van der Waals surface area contributed by atoms with E-state index in [1.807, 2.05) is 0 Å². The average Bonchev–Trinajstić information content (AvgIpc) is 3.21. The van der Waals surface area contributed by atoms with Crippen LogP contribution < -0.4 is 5.32 Å².